The third-order valence-electron chi connectivity index (χ3n) is 4.53. The Hall–Kier alpha value is -3.09. The van der Waals surface area contributed by atoms with Crippen LogP contribution >= 0.6 is 27.5 Å². The fourth-order valence-corrected chi connectivity index (χ4v) is 3.36. The zero-order chi connectivity index (χ0) is 21.8. The number of hydrogen-bond acceptors (Lipinski definition) is 5. The van der Waals surface area contributed by atoms with Crippen LogP contribution in [-0.2, 0) is 16.1 Å². The summed E-state index contributed by atoms with van der Waals surface area (Å²) in [6, 6.07) is 20.2. The van der Waals surface area contributed by atoms with Crippen molar-refractivity contribution >= 4 is 45.5 Å². The molecule has 0 N–H and O–H groups in total. The summed E-state index contributed by atoms with van der Waals surface area (Å²) in [4.78, 5) is 16.7. The number of carbonyl (C=O) groups is 1. The number of esters is 1. The summed E-state index contributed by atoms with van der Waals surface area (Å²) >= 11 is 9.35. The van der Waals surface area contributed by atoms with E-state index in [1.165, 1.54) is 0 Å². The van der Waals surface area contributed by atoms with E-state index in [0.29, 0.717) is 34.3 Å². The molecule has 0 bridgehead atoms. The Labute approximate surface area is 193 Å². The second-order valence-corrected chi connectivity index (χ2v) is 7.99. The zero-order valence-electron chi connectivity index (χ0n) is 16.5. The molecule has 4 rings (SSSR count). The first-order valence-corrected chi connectivity index (χ1v) is 10.5. The number of nitrogens with zero attached hydrogens (tertiary/aromatic N) is 1. The molecule has 0 aromatic heterocycles. The van der Waals surface area contributed by atoms with Gasteiger partial charge in [-0.15, -0.1) is 0 Å². The molecule has 0 aliphatic carbocycles. The second kappa shape index (κ2) is 9.37. The Bertz CT molecular complexity index is 1170. The molecule has 1 aliphatic heterocycles. The fourth-order valence-electron chi connectivity index (χ4n) is 2.97. The van der Waals surface area contributed by atoms with E-state index < -0.39 is 5.97 Å². The van der Waals surface area contributed by atoms with E-state index in [1.807, 2.05) is 36.4 Å². The average molecular weight is 499 g/mol. The lowest BCUT2D eigenvalue weighted by Gasteiger charge is -2.13. The van der Waals surface area contributed by atoms with Gasteiger partial charge in [0.15, 0.2) is 17.2 Å². The highest BCUT2D eigenvalue weighted by Gasteiger charge is 2.25. The van der Waals surface area contributed by atoms with Crippen LogP contribution in [0.2, 0.25) is 5.02 Å². The smallest absolute Gasteiger partial charge is 0.363 e. The Morgan fingerprint density at radius 1 is 1.06 bits per heavy atom. The monoisotopic (exact) mass is 497 g/mol. The van der Waals surface area contributed by atoms with Crippen LogP contribution in [0.3, 0.4) is 0 Å². The van der Waals surface area contributed by atoms with E-state index in [-0.39, 0.29) is 11.6 Å². The minimum Gasteiger partial charge on any atom is -0.493 e. The number of carbonyl (C=O) groups excluding carboxylic acids is 1. The topological polar surface area (TPSA) is 57.1 Å². The maximum atomic E-state index is 12.4. The van der Waals surface area contributed by atoms with Gasteiger partial charge in [0.2, 0.25) is 5.90 Å². The SMILES string of the molecule is COc1cccc(/C=C2/N=C(c3ccc(Cl)cc3)OC2=O)c1OCc1ccc(Br)cc1. The molecule has 1 heterocycles. The molecule has 0 radical (unpaired) electrons. The van der Waals surface area contributed by atoms with Gasteiger partial charge < -0.3 is 14.2 Å². The van der Waals surface area contributed by atoms with E-state index in [4.69, 9.17) is 25.8 Å². The molecule has 0 atom stereocenters. The van der Waals surface area contributed by atoms with Crippen molar-refractivity contribution in [2.24, 2.45) is 4.99 Å². The Balaban J connectivity index is 1.64. The minimum absolute atomic E-state index is 0.173. The van der Waals surface area contributed by atoms with Gasteiger partial charge in [0, 0.05) is 20.6 Å². The summed E-state index contributed by atoms with van der Waals surface area (Å²) in [5.41, 5.74) is 2.49. The lowest BCUT2D eigenvalue weighted by Crippen LogP contribution is -2.05. The molecule has 156 valence electrons. The number of hydrogen-bond donors (Lipinski definition) is 0. The molecule has 0 amide bonds. The third kappa shape index (κ3) is 4.98. The normalized spacial score (nSPS) is 14.4. The Morgan fingerprint density at radius 3 is 2.52 bits per heavy atom. The molecular formula is C24H17BrClNO4. The predicted molar refractivity (Wildman–Crippen MR) is 124 cm³/mol. The molecule has 0 spiro atoms. The van der Waals surface area contributed by atoms with E-state index in [0.717, 1.165) is 10.0 Å². The van der Waals surface area contributed by atoms with Crippen molar-refractivity contribution in [1.29, 1.82) is 0 Å². The molecule has 0 saturated heterocycles. The largest absolute Gasteiger partial charge is 0.493 e. The summed E-state index contributed by atoms with van der Waals surface area (Å²) in [5, 5.41) is 0.591. The molecule has 1 aliphatic rings. The van der Waals surface area contributed by atoms with E-state index in [9.17, 15) is 4.79 Å². The Morgan fingerprint density at radius 2 is 1.81 bits per heavy atom. The van der Waals surface area contributed by atoms with Crippen molar-refractivity contribution < 1.29 is 19.0 Å². The molecule has 5 nitrogen and oxygen atoms in total. The van der Waals surface area contributed by atoms with Gasteiger partial charge >= 0.3 is 5.97 Å². The zero-order valence-corrected chi connectivity index (χ0v) is 18.8. The number of cyclic esters (lactones) is 1. The lowest BCUT2D eigenvalue weighted by atomic mass is 10.1. The second-order valence-electron chi connectivity index (χ2n) is 6.64. The van der Waals surface area contributed by atoms with Crippen molar-refractivity contribution in [3.05, 3.63) is 98.6 Å². The van der Waals surface area contributed by atoms with E-state index >= 15 is 0 Å². The van der Waals surface area contributed by atoms with Crippen molar-refractivity contribution in [3.63, 3.8) is 0 Å². The van der Waals surface area contributed by atoms with Gasteiger partial charge in [0.05, 0.1) is 7.11 Å². The fraction of sp³-hybridized carbons (Fsp3) is 0.0833. The van der Waals surface area contributed by atoms with Crippen molar-refractivity contribution in [3.8, 4) is 11.5 Å². The van der Waals surface area contributed by atoms with Crippen LogP contribution < -0.4 is 9.47 Å². The molecular weight excluding hydrogens is 482 g/mol. The van der Waals surface area contributed by atoms with Gasteiger partial charge in [0.25, 0.3) is 0 Å². The maximum absolute atomic E-state index is 12.4. The molecule has 0 fully saturated rings. The summed E-state index contributed by atoms with van der Waals surface area (Å²) in [6.45, 7) is 0.341. The average Bonchev–Trinajstić information content (AvgIpc) is 3.14. The van der Waals surface area contributed by atoms with E-state index in [1.54, 1.807) is 43.5 Å². The highest BCUT2D eigenvalue weighted by Crippen LogP contribution is 2.34. The quantitative estimate of drug-likeness (QED) is 0.307. The highest BCUT2D eigenvalue weighted by atomic mass is 79.9. The van der Waals surface area contributed by atoms with Crippen molar-refractivity contribution in [1.82, 2.24) is 0 Å². The first kappa shape index (κ1) is 21.2. The van der Waals surface area contributed by atoms with Gasteiger partial charge in [-0.25, -0.2) is 9.79 Å². The van der Waals surface area contributed by atoms with Gasteiger partial charge in [-0.1, -0.05) is 51.8 Å². The summed E-state index contributed by atoms with van der Waals surface area (Å²) in [7, 11) is 1.57. The summed E-state index contributed by atoms with van der Waals surface area (Å²) in [5.74, 6) is 0.767. The molecule has 7 heteroatoms. The van der Waals surface area contributed by atoms with Crippen LogP contribution in [0.25, 0.3) is 6.08 Å². The standard InChI is InChI=1S/C24H17BrClNO4/c1-29-21-4-2-3-17(22(21)30-14-15-5-9-18(25)10-6-15)13-20-24(28)31-23(27-20)16-7-11-19(26)12-8-16/h2-13H,14H2,1H3/b20-13+. The Kier molecular flexibility index (Phi) is 6.39. The summed E-state index contributed by atoms with van der Waals surface area (Å²) < 4.78 is 17.8. The summed E-state index contributed by atoms with van der Waals surface area (Å²) in [6.07, 6.45) is 1.63. The van der Waals surface area contributed by atoms with E-state index in [2.05, 4.69) is 20.9 Å². The molecule has 3 aromatic rings. The molecule has 31 heavy (non-hydrogen) atoms. The number of halogens is 2. The number of benzene rings is 3. The van der Waals surface area contributed by atoms with Crippen LogP contribution in [0.1, 0.15) is 16.7 Å². The maximum Gasteiger partial charge on any atom is 0.363 e. The number of methoxy groups -OCH3 is 1. The minimum atomic E-state index is -0.536. The van der Waals surface area contributed by atoms with Crippen LogP contribution in [0.5, 0.6) is 11.5 Å². The van der Waals surface area contributed by atoms with Gasteiger partial charge in [-0.05, 0) is 54.1 Å². The molecule has 0 saturated carbocycles. The highest BCUT2D eigenvalue weighted by molar-refractivity contribution is 9.10. The number of rotatable bonds is 6. The third-order valence-corrected chi connectivity index (χ3v) is 5.31. The first-order chi connectivity index (χ1) is 15.0. The number of para-hydroxylation sites is 1. The number of aliphatic imine (C=N–C) groups is 1. The molecule has 3 aromatic carbocycles. The predicted octanol–water partition coefficient (Wildman–Crippen LogP) is 6.03. The first-order valence-electron chi connectivity index (χ1n) is 9.36. The van der Waals surface area contributed by atoms with Crippen LogP contribution in [0.15, 0.2) is 81.9 Å². The van der Waals surface area contributed by atoms with Gasteiger partial charge in [-0.2, -0.15) is 0 Å². The lowest BCUT2D eigenvalue weighted by molar-refractivity contribution is -0.129. The van der Waals surface area contributed by atoms with Crippen LogP contribution in [0, 0.1) is 0 Å². The number of ether oxygens (including phenoxy) is 3. The van der Waals surface area contributed by atoms with Crippen LogP contribution in [0.4, 0.5) is 0 Å². The van der Waals surface area contributed by atoms with Crippen LogP contribution in [-0.4, -0.2) is 19.0 Å². The van der Waals surface area contributed by atoms with Crippen molar-refractivity contribution in [2.45, 2.75) is 6.61 Å². The van der Waals surface area contributed by atoms with Gasteiger partial charge in [-0.3, -0.25) is 0 Å². The molecule has 0 unspecified atom stereocenters. The van der Waals surface area contributed by atoms with Gasteiger partial charge in [0.1, 0.15) is 6.61 Å². The van der Waals surface area contributed by atoms with Crippen molar-refractivity contribution in [2.75, 3.05) is 7.11 Å².